The Kier molecular flexibility index (Phi) is 3.95. The van der Waals surface area contributed by atoms with E-state index in [1.165, 1.54) is 6.92 Å². The maximum Gasteiger partial charge on any atom is 0.452 e. The zero-order valence-electron chi connectivity index (χ0n) is 12.6. The Morgan fingerprint density at radius 1 is 1.43 bits per heavy atom. The number of nitrogens with zero attached hydrogens (tertiary/aromatic N) is 2. The van der Waals surface area contributed by atoms with Crippen LogP contribution in [-0.2, 0) is 6.18 Å². The van der Waals surface area contributed by atoms with Crippen molar-refractivity contribution >= 4 is 17.2 Å². The van der Waals surface area contributed by atoms with Crippen LogP contribution in [0.25, 0.3) is 10.6 Å². The minimum atomic E-state index is -4.57. The van der Waals surface area contributed by atoms with Gasteiger partial charge in [-0.1, -0.05) is 12.1 Å². The molecule has 4 nitrogen and oxygen atoms in total. The van der Waals surface area contributed by atoms with Crippen molar-refractivity contribution in [1.82, 2.24) is 10.1 Å². The molecule has 0 N–H and O–H groups in total. The Labute approximate surface area is 134 Å². The quantitative estimate of drug-likeness (QED) is 0.820. The number of carbonyl (C=O) groups excluding carboxylic acids is 1. The van der Waals surface area contributed by atoms with E-state index in [0.29, 0.717) is 28.8 Å². The van der Waals surface area contributed by atoms with Gasteiger partial charge >= 0.3 is 6.18 Å². The molecule has 0 aromatic carbocycles. The molecule has 1 aliphatic rings. The number of carbonyl (C=O) groups is 1. The van der Waals surface area contributed by atoms with Gasteiger partial charge in [-0.2, -0.15) is 13.2 Å². The molecule has 3 rings (SSSR count). The second kappa shape index (κ2) is 5.67. The normalized spacial score (nSPS) is 18.7. The molecule has 2 aromatic rings. The highest BCUT2D eigenvalue weighted by atomic mass is 32.1. The molecule has 3 heterocycles. The van der Waals surface area contributed by atoms with E-state index in [-0.39, 0.29) is 17.2 Å². The maximum absolute atomic E-state index is 12.8. The zero-order chi connectivity index (χ0) is 16.8. The molecule has 8 heteroatoms. The van der Waals surface area contributed by atoms with Gasteiger partial charge in [0.15, 0.2) is 0 Å². The first-order valence-electron chi connectivity index (χ1n) is 7.20. The molecule has 0 saturated carbocycles. The minimum absolute atomic E-state index is 0.0619. The number of thiophene rings is 1. The summed E-state index contributed by atoms with van der Waals surface area (Å²) in [5.41, 5.74) is 0.0734. The van der Waals surface area contributed by atoms with Gasteiger partial charge in [0.1, 0.15) is 5.69 Å². The van der Waals surface area contributed by atoms with E-state index in [1.54, 1.807) is 17.0 Å². The number of hydrogen-bond donors (Lipinski definition) is 0. The lowest BCUT2D eigenvalue weighted by Crippen LogP contribution is -2.27. The molecule has 0 spiro atoms. The van der Waals surface area contributed by atoms with Crippen molar-refractivity contribution in [2.45, 2.75) is 26.4 Å². The van der Waals surface area contributed by atoms with Crippen LogP contribution in [0.4, 0.5) is 13.2 Å². The molecule has 2 aromatic heterocycles. The summed E-state index contributed by atoms with van der Waals surface area (Å²) in [6.45, 7) is 4.84. The van der Waals surface area contributed by atoms with Gasteiger partial charge < -0.3 is 9.42 Å². The summed E-state index contributed by atoms with van der Waals surface area (Å²) in [6, 6.07) is 3.25. The number of likely N-dealkylation sites (tertiary alicyclic amines) is 1. The Balaban J connectivity index is 1.85. The topological polar surface area (TPSA) is 46.3 Å². The van der Waals surface area contributed by atoms with E-state index in [4.69, 9.17) is 0 Å². The lowest BCUT2D eigenvalue weighted by atomic mass is 10.2. The molecule has 0 radical (unpaired) electrons. The molecule has 0 bridgehead atoms. The summed E-state index contributed by atoms with van der Waals surface area (Å²) >= 11 is 1.14. The summed E-state index contributed by atoms with van der Waals surface area (Å²) < 4.78 is 42.7. The fourth-order valence-electron chi connectivity index (χ4n) is 2.69. The van der Waals surface area contributed by atoms with Gasteiger partial charge in [-0.25, -0.2) is 0 Å². The fourth-order valence-corrected chi connectivity index (χ4v) is 3.70. The van der Waals surface area contributed by atoms with E-state index in [1.807, 2.05) is 0 Å². The van der Waals surface area contributed by atoms with E-state index < -0.39 is 11.9 Å². The molecule has 0 unspecified atom stereocenters. The van der Waals surface area contributed by atoms with Crippen LogP contribution < -0.4 is 0 Å². The largest absolute Gasteiger partial charge is 0.452 e. The van der Waals surface area contributed by atoms with Crippen LogP contribution in [0.2, 0.25) is 0 Å². The van der Waals surface area contributed by atoms with Gasteiger partial charge in [-0.05, 0) is 31.4 Å². The first-order chi connectivity index (χ1) is 10.8. The van der Waals surface area contributed by atoms with Crippen molar-refractivity contribution in [3.63, 3.8) is 0 Å². The Bertz CT molecular complexity index is 735. The third-order valence-corrected chi connectivity index (χ3v) is 5.02. The van der Waals surface area contributed by atoms with Crippen molar-refractivity contribution < 1.29 is 22.5 Å². The summed E-state index contributed by atoms with van der Waals surface area (Å²) in [4.78, 5) is 15.2. The van der Waals surface area contributed by atoms with Crippen LogP contribution in [0.3, 0.4) is 0 Å². The van der Waals surface area contributed by atoms with Crippen molar-refractivity contribution in [3.8, 4) is 10.6 Å². The fraction of sp³-hybridized carbons (Fsp3) is 0.467. The molecule has 1 amide bonds. The van der Waals surface area contributed by atoms with Crippen molar-refractivity contribution in [3.05, 3.63) is 28.3 Å². The summed E-state index contributed by atoms with van der Waals surface area (Å²) in [5.74, 6) is -0.699. The zero-order valence-corrected chi connectivity index (χ0v) is 13.4. The summed E-state index contributed by atoms with van der Waals surface area (Å²) in [7, 11) is 0. The standard InChI is InChI=1S/C15H15F3N2O2S/c1-8-5-6-20(7-8)14(21)11-4-3-10(23-11)12-9(2)13(22-19-12)15(16,17)18/h3-4,8H,5-7H2,1-2H3/t8-/m1/s1. The van der Waals surface area contributed by atoms with E-state index in [2.05, 4.69) is 16.6 Å². The predicted molar refractivity (Wildman–Crippen MR) is 79.2 cm³/mol. The average molecular weight is 344 g/mol. The smallest absolute Gasteiger partial charge is 0.351 e. The lowest BCUT2D eigenvalue weighted by Gasteiger charge is -2.14. The van der Waals surface area contributed by atoms with Crippen molar-refractivity contribution in [2.75, 3.05) is 13.1 Å². The van der Waals surface area contributed by atoms with Gasteiger partial charge in [-0.15, -0.1) is 11.3 Å². The summed E-state index contributed by atoms with van der Waals surface area (Å²) in [6.07, 6.45) is -3.60. The number of aromatic nitrogens is 1. The van der Waals surface area contributed by atoms with E-state index >= 15 is 0 Å². The molecule has 124 valence electrons. The highest BCUT2D eigenvalue weighted by Gasteiger charge is 2.39. The van der Waals surface area contributed by atoms with Crippen molar-refractivity contribution in [1.29, 1.82) is 0 Å². The first kappa shape index (κ1) is 16.0. The van der Waals surface area contributed by atoms with Crippen molar-refractivity contribution in [2.24, 2.45) is 5.92 Å². The van der Waals surface area contributed by atoms with Crippen LogP contribution in [0.15, 0.2) is 16.7 Å². The molecule has 1 atom stereocenters. The van der Waals surface area contributed by atoms with E-state index in [9.17, 15) is 18.0 Å². The average Bonchev–Trinajstić information content (AvgIpc) is 3.15. The number of amides is 1. The summed E-state index contributed by atoms with van der Waals surface area (Å²) in [5, 5.41) is 3.53. The first-order valence-corrected chi connectivity index (χ1v) is 8.02. The van der Waals surface area contributed by atoms with Crippen LogP contribution in [0.1, 0.15) is 34.3 Å². The van der Waals surface area contributed by atoms with Crippen LogP contribution in [0.5, 0.6) is 0 Å². The maximum atomic E-state index is 12.8. The molecular weight excluding hydrogens is 329 g/mol. The van der Waals surface area contributed by atoms with Gasteiger partial charge in [-0.3, -0.25) is 4.79 Å². The highest BCUT2D eigenvalue weighted by molar-refractivity contribution is 7.17. The number of alkyl halides is 3. The SMILES string of the molecule is Cc1c(-c2ccc(C(=O)N3CC[C@@H](C)C3)s2)noc1C(F)(F)F. The third-order valence-electron chi connectivity index (χ3n) is 3.94. The predicted octanol–water partition coefficient (Wildman–Crippen LogP) is 4.21. The molecule has 1 saturated heterocycles. The molecule has 1 fully saturated rings. The second-order valence-corrected chi connectivity index (χ2v) is 6.88. The minimum Gasteiger partial charge on any atom is -0.351 e. The molecule has 1 aliphatic heterocycles. The van der Waals surface area contributed by atoms with Gasteiger partial charge in [0.2, 0.25) is 5.76 Å². The number of halogens is 3. The van der Waals surface area contributed by atoms with Crippen LogP contribution in [-0.4, -0.2) is 29.1 Å². The molecule has 0 aliphatic carbocycles. The van der Waals surface area contributed by atoms with Gasteiger partial charge in [0.05, 0.1) is 9.75 Å². The monoisotopic (exact) mass is 344 g/mol. The van der Waals surface area contributed by atoms with Crippen LogP contribution >= 0.6 is 11.3 Å². The highest BCUT2D eigenvalue weighted by Crippen LogP contribution is 2.38. The molecule has 23 heavy (non-hydrogen) atoms. The number of hydrogen-bond acceptors (Lipinski definition) is 4. The Morgan fingerprint density at radius 3 is 2.74 bits per heavy atom. The Hall–Kier alpha value is -1.83. The van der Waals surface area contributed by atoms with Gasteiger partial charge in [0, 0.05) is 18.7 Å². The third kappa shape index (κ3) is 2.99. The second-order valence-electron chi connectivity index (χ2n) is 5.79. The Morgan fingerprint density at radius 2 is 2.17 bits per heavy atom. The van der Waals surface area contributed by atoms with Crippen LogP contribution in [0, 0.1) is 12.8 Å². The lowest BCUT2D eigenvalue weighted by molar-refractivity contribution is -0.156. The number of rotatable bonds is 2. The van der Waals surface area contributed by atoms with Gasteiger partial charge in [0.25, 0.3) is 5.91 Å². The van der Waals surface area contributed by atoms with E-state index in [0.717, 1.165) is 17.8 Å². The molecular formula is C15H15F3N2O2S.